The Labute approximate surface area is 161 Å². The summed E-state index contributed by atoms with van der Waals surface area (Å²) in [5.74, 6) is 1.21. The Hall–Kier alpha value is -3.03. The third kappa shape index (κ3) is 5.48. The number of carbonyl (C=O) groups excluding carboxylic acids is 1. The lowest BCUT2D eigenvalue weighted by Crippen LogP contribution is -2.19. The van der Waals surface area contributed by atoms with Crippen molar-refractivity contribution in [1.29, 1.82) is 0 Å². The highest BCUT2D eigenvalue weighted by Gasteiger charge is 2.19. The molecule has 0 saturated heterocycles. The smallest absolute Gasteiger partial charge is 0.387 e. The Bertz CT molecular complexity index is 793. The average Bonchev–Trinajstić information content (AvgIpc) is 3.16. The van der Waals surface area contributed by atoms with Crippen molar-refractivity contribution in [2.24, 2.45) is 0 Å². The summed E-state index contributed by atoms with van der Waals surface area (Å²) < 4.78 is 39.9. The molecule has 0 aromatic heterocycles. The number of nitrogens with one attached hydrogen (secondary N) is 2. The zero-order chi connectivity index (χ0) is 19.9. The molecule has 0 spiro atoms. The van der Waals surface area contributed by atoms with E-state index in [1.54, 1.807) is 25.3 Å². The van der Waals surface area contributed by atoms with Crippen LogP contribution in [0.4, 0.5) is 25.0 Å². The Morgan fingerprint density at radius 1 is 1.00 bits per heavy atom. The first-order valence-corrected chi connectivity index (χ1v) is 9.01. The lowest BCUT2D eigenvalue weighted by Gasteiger charge is -2.17. The Morgan fingerprint density at radius 2 is 1.64 bits per heavy atom. The molecule has 8 heteroatoms. The summed E-state index contributed by atoms with van der Waals surface area (Å²) in [5.41, 5.74) is 0.985. The first-order valence-electron chi connectivity index (χ1n) is 9.01. The summed E-state index contributed by atoms with van der Waals surface area (Å²) in [6.45, 7) is -2.89. The highest BCUT2D eigenvalue weighted by Crippen LogP contribution is 2.34. The van der Waals surface area contributed by atoms with Crippen molar-refractivity contribution in [3.05, 3.63) is 42.5 Å². The first-order chi connectivity index (χ1) is 13.5. The van der Waals surface area contributed by atoms with Gasteiger partial charge in [-0.2, -0.15) is 8.78 Å². The molecule has 1 aliphatic rings. The van der Waals surface area contributed by atoms with Crippen LogP contribution in [0.25, 0.3) is 0 Å². The van der Waals surface area contributed by atoms with Gasteiger partial charge >= 0.3 is 12.6 Å². The van der Waals surface area contributed by atoms with Gasteiger partial charge in [-0.15, -0.1) is 0 Å². The summed E-state index contributed by atoms with van der Waals surface area (Å²) in [6.07, 6.45) is 4.47. The van der Waals surface area contributed by atoms with Gasteiger partial charge in [0, 0.05) is 17.4 Å². The van der Waals surface area contributed by atoms with Gasteiger partial charge in [0.05, 0.1) is 13.2 Å². The molecular weight excluding hydrogens is 370 g/mol. The number of anilines is 2. The van der Waals surface area contributed by atoms with Crippen molar-refractivity contribution in [2.75, 3.05) is 17.7 Å². The molecule has 2 N–H and O–H groups in total. The number of urea groups is 1. The maximum Gasteiger partial charge on any atom is 0.387 e. The first kappa shape index (κ1) is 19.7. The van der Waals surface area contributed by atoms with E-state index in [1.807, 2.05) is 0 Å². The maximum atomic E-state index is 12.2. The molecule has 0 aliphatic heterocycles. The second-order valence-electron chi connectivity index (χ2n) is 6.37. The third-order valence-corrected chi connectivity index (χ3v) is 4.35. The molecular formula is C20H22F2N2O4. The maximum absolute atomic E-state index is 12.2. The van der Waals surface area contributed by atoms with Crippen molar-refractivity contribution in [2.45, 2.75) is 38.4 Å². The number of halogens is 2. The van der Waals surface area contributed by atoms with Gasteiger partial charge in [-0.05, 0) is 62.1 Å². The zero-order valence-electron chi connectivity index (χ0n) is 15.4. The van der Waals surface area contributed by atoms with E-state index >= 15 is 0 Å². The Balaban J connectivity index is 1.61. The fourth-order valence-electron chi connectivity index (χ4n) is 3.05. The monoisotopic (exact) mass is 392 g/mol. The topological polar surface area (TPSA) is 68.8 Å². The molecule has 0 atom stereocenters. The van der Waals surface area contributed by atoms with Crippen LogP contribution in [0.1, 0.15) is 25.7 Å². The van der Waals surface area contributed by atoms with Crippen LogP contribution in [0, 0.1) is 0 Å². The summed E-state index contributed by atoms with van der Waals surface area (Å²) >= 11 is 0. The number of benzene rings is 2. The van der Waals surface area contributed by atoms with E-state index in [9.17, 15) is 13.6 Å². The molecule has 28 heavy (non-hydrogen) atoms. The van der Waals surface area contributed by atoms with E-state index in [0.717, 1.165) is 25.7 Å². The summed E-state index contributed by atoms with van der Waals surface area (Å²) in [6, 6.07) is 10.3. The van der Waals surface area contributed by atoms with Gasteiger partial charge in [0.15, 0.2) is 11.5 Å². The second-order valence-corrected chi connectivity index (χ2v) is 6.37. The fraction of sp³-hybridized carbons (Fsp3) is 0.350. The number of hydrogen-bond donors (Lipinski definition) is 2. The van der Waals surface area contributed by atoms with E-state index < -0.39 is 12.6 Å². The predicted octanol–water partition coefficient (Wildman–Crippen LogP) is 5.26. The molecule has 2 aromatic rings. The third-order valence-electron chi connectivity index (χ3n) is 4.35. The largest absolute Gasteiger partial charge is 0.493 e. The molecule has 6 nitrogen and oxygen atoms in total. The molecule has 2 aromatic carbocycles. The van der Waals surface area contributed by atoms with Gasteiger partial charge in [0.2, 0.25) is 0 Å². The molecule has 150 valence electrons. The van der Waals surface area contributed by atoms with Crippen LogP contribution in [0.15, 0.2) is 42.5 Å². The van der Waals surface area contributed by atoms with Crippen LogP contribution in [-0.4, -0.2) is 25.9 Å². The minimum Gasteiger partial charge on any atom is -0.493 e. The van der Waals surface area contributed by atoms with Crippen molar-refractivity contribution < 1.29 is 27.8 Å². The van der Waals surface area contributed by atoms with Crippen LogP contribution in [0.5, 0.6) is 17.2 Å². The van der Waals surface area contributed by atoms with E-state index in [-0.39, 0.29) is 11.9 Å². The van der Waals surface area contributed by atoms with Gasteiger partial charge in [-0.3, -0.25) is 0 Å². The number of ether oxygens (including phenoxy) is 3. The Kier molecular flexibility index (Phi) is 6.52. The molecule has 3 rings (SSSR count). The molecule has 0 radical (unpaired) electrons. The molecule has 0 unspecified atom stereocenters. The van der Waals surface area contributed by atoms with Crippen LogP contribution in [0.2, 0.25) is 0 Å². The molecule has 1 saturated carbocycles. The second kappa shape index (κ2) is 9.25. The number of methoxy groups -OCH3 is 1. The minimum absolute atomic E-state index is 0.0183. The SMILES string of the molecule is COc1ccc(NC(=O)Nc2ccc(OC(F)F)cc2)cc1OC1CCCC1. The predicted molar refractivity (Wildman–Crippen MR) is 102 cm³/mol. The molecule has 0 heterocycles. The zero-order valence-corrected chi connectivity index (χ0v) is 15.4. The summed E-state index contributed by atoms with van der Waals surface area (Å²) in [4.78, 5) is 12.2. The number of hydrogen-bond acceptors (Lipinski definition) is 4. The van der Waals surface area contributed by atoms with Crippen LogP contribution in [0.3, 0.4) is 0 Å². The summed E-state index contributed by atoms with van der Waals surface area (Å²) in [7, 11) is 1.57. The molecule has 0 bridgehead atoms. The van der Waals surface area contributed by atoms with Crippen molar-refractivity contribution in [3.63, 3.8) is 0 Å². The minimum atomic E-state index is -2.89. The highest BCUT2D eigenvalue weighted by molar-refractivity contribution is 5.99. The van der Waals surface area contributed by atoms with Crippen molar-refractivity contribution >= 4 is 17.4 Å². The van der Waals surface area contributed by atoms with Gasteiger partial charge in [-0.25, -0.2) is 4.79 Å². The average molecular weight is 392 g/mol. The van der Waals surface area contributed by atoms with Crippen LogP contribution < -0.4 is 24.8 Å². The van der Waals surface area contributed by atoms with Gasteiger partial charge in [-0.1, -0.05) is 0 Å². The number of rotatable bonds is 7. The fourth-order valence-corrected chi connectivity index (χ4v) is 3.05. The quantitative estimate of drug-likeness (QED) is 0.674. The molecule has 1 fully saturated rings. The van der Waals surface area contributed by atoms with E-state index in [0.29, 0.717) is 22.9 Å². The standard InChI is InChI=1S/C20H22F2N2O4/c1-26-17-11-8-14(12-18(17)27-15-4-2-3-5-15)24-20(25)23-13-6-9-16(10-7-13)28-19(21)22/h6-12,15,19H,2-5H2,1H3,(H2,23,24,25). The van der Waals surface area contributed by atoms with Crippen LogP contribution >= 0.6 is 0 Å². The Morgan fingerprint density at radius 3 is 2.29 bits per heavy atom. The van der Waals surface area contributed by atoms with E-state index in [1.165, 1.54) is 24.3 Å². The van der Waals surface area contributed by atoms with Gasteiger partial charge < -0.3 is 24.8 Å². The van der Waals surface area contributed by atoms with Gasteiger partial charge in [0.1, 0.15) is 5.75 Å². The number of carbonyl (C=O) groups is 1. The normalized spacial score (nSPS) is 14.0. The lowest BCUT2D eigenvalue weighted by atomic mass is 10.2. The van der Waals surface area contributed by atoms with E-state index in [4.69, 9.17) is 9.47 Å². The lowest BCUT2D eigenvalue weighted by molar-refractivity contribution is -0.0498. The number of alkyl halides is 2. The van der Waals surface area contributed by atoms with Crippen molar-refractivity contribution in [1.82, 2.24) is 0 Å². The van der Waals surface area contributed by atoms with Gasteiger partial charge in [0.25, 0.3) is 0 Å². The number of amides is 2. The highest BCUT2D eigenvalue weighted by atomic mass is 19.3. The van der Waals surface area contributed by atoms with E-state index in [2.05, 4.69) is 15.4 Å². The van der Waals surface area contributed by atoms with Crippen molar-refractivity contribution in [3.8, 4) is 17.2 Å². The molecule has 1 aliphatic carbocycles. The summed E-state index contributed by atoms with van der Waals surface area (Å²) in [5, 5.41) is 5.34. The molecule has 2 amide bonds. The van der Waals surface area contributed by atoms with Crippen LogP contribution in [-0.2, 0) is 0 Å².